The maximum absolute atomic E-state index is 12.0. The highest BCUT2D eigenvalue weighted by Crippen LogP contribution is 2.19. The van der Waals surface area contributed by atoms with E-state index >= 15 is 0 Å². The maximum Gasteiger partial charge on any atom is 0.410 e. The topological polar surface area (TPSA) is 59.4 Å². The molecule has 0 aliphatic carbocycles. The number of nitrogens with one attached hydrogen (secondary N) is 1. The van der Waals surface area contributed by atoms with Crippen LogP contribution in [0.2, 0.25) is 0 Å². The number of hydrogen-bond donors (Lipinski definition) is 1. The monoisotopic (exact) mass is 308 g/mol. The summed E-state index contributed by atoms with van der Waals surface area (Å²) in [6.45, 7) is 11.0. The molecule has 0 spiro atoms. The Morgan fingerprint density at radius 3 is 2.82 bits per heavy atom. The molecule has 1 aliphatic rings. The van der Waals surface area contributed by atoms with Gasteiger partial charge in [-0.05, 0) is 40.0 Å². The van der Waals surface area contributed by atoms with E-state index in [4.69, 9.17) is 4.74 Å². The lowest BCUT2D eigenvalue weighted by Crippen LogP contribution is -2.36. The number of aromatic nitrogens is 2. The summed E-state index contributed by atoms with van der Waals surface area (Å²) in [5, 5.41) is 7.81. The smallest absolute Gasteiger partial charge is 0.410 e. The minimum absolute atomic E-state index is 0.196. The maximum atomic E-state index is 12.0. The predicted octanol–water partition coefficient (Wildman–Crippen LogP) is 2.08. The van der Waals surface area contributed by atoms with Gasteiger partial charge in [-0.1, -0.05) is 0 Å². The summed E-state index contributed by atoms with van der Waals surface area (Å²) in [7, 11) is 1.94. The molecule has 0 aromatic carbocycles. The number of carbonyl (C=O) groups excluding carboxylic acids is 1. The van der Waals surface area contributed by atoms with E-state index in [9.17, 15) is 4.79 Å². The van der Waals surface area contributed by atoms with Gasteiger partial charge in [0.25, 0.3) is 0 Å². The Hall–Kier alpha value is -1.56. The molecule has 1 aromatic heterocycles. The second kappa shape index (κ2) is 6.69. The van der Waals surface area contributed by atoms with E-state index in [0.717, 1.165) is 38.3 Å². The first kappa shape index (κ1) is 16.8. The third-order valence-corrected chi connectivity index (χ3v) is 3.80. The van der Waals surface area contributed by atoms with Crippen molar-refractivity contribution >= 4 is 6.09 Å². The van der Waals surface area contributed by atoms with Crippen LogP contribution in [0.3, 0.4) is 0 Å². The lowest BCUT2D eigenvalue weighted by atomic mass is 10.1. The molecule has 2 heterocycles. The molecule has 1 unspecified atom stereocenters. The van der Waals surface area contributed by atoms with Gasteiger partial charge in [0.15, 0.2) is 0 Å². The molecule has 0 radical (unpaired) electrons. The second-order valence-corrected chi connectivity index (χ2v) is 7.13. The van der Waals surface area contributed by atoms with E-state index in [1.807, 2.05) is 50.5 Å². The second-order valence-electron chi connectivity index (χ2n) is 7.13. The summed E-state index contributed by atoms with van der Waals surface area (Å²) in [5.41, 5.74) is 1.87. The van der Waals surface area contributed by atoms with Crippen LogP contribution in [0, 0.1) is 12.8 Å². The Bertz CT molecular complexity index is 519. The van der Waals surface area contributed by atoms with Gasteiger partial charge >= 0.3 is 6.09 Å². The van der Waals surface area contributed by atoms with E-state index in [2.05, 4.69) is 10.4 Å². The lowest BCUT2D eigenvalue weighted by molar-refractivity contribution is 0.0288. The van der Waals surface area contributed by atoms with Crippen LogP contribution in [0.4, 0.5) is 4.79 Å². The Labute approximate surface area is 132 Å². The van der Waals surface area contributed by atoms with E-state index in [1.54, 1.807) is 0 Å². The van der Waals surface area contributed by atoms with Crippen LogP contribution in [0.5, 0.6) is 0 Å². The number of carbonyl (C=O) groups is 1. The number of likely N-dealkylation sites (tertiary alicyclic amines) is 1. The molecular weight excluding hydrogens is 280 g/mol. The molecule has 6 heteroatoms. The summed E-state index contributed by atoms with van der Waals surface area (Å²) in [4.78, 5) is 13.8. The summed E-state index contributed by atoms with van der Waals surface area (Å²) in [6, 6.07) is 0. The molecule has 1 saturated heterocycles. The van der Waals surface area contributed by atoms with Crippen molar-refractivity contribution in [1.82, 2.24) is 20.0 Å². The molecule has 0 saturated carbocycles. The van der Waals surface area contributed by atoms with Gasteiger partial charge < -0.3 is 15.0 Å². The molecule has 1 atom stereocenters. The van der Waals surface area contributed by atoms with Crippen molar-refractivity contribution in [2.45, 2.75) is 46.3 Å². The number of rotatable bonds is 4. The van der Waals surface area contributed by atoms with Crippen LogP contribution in [0.25, 0.3) is 0 Å². The van der Waals surface area contributed by atoms with Crippen LogP contribution < -0.4 is 5.32 Å². The average molecular weight is 308 g/mol. The van der Waals surface area contributed by atoms with Gasteiger partial charge in [0, 0.05) is 45.0 Å². The zero-order chi connectivity index (χ0) is 16.3. The first-order chi connectivity index (χ1) is 10.2. The zero-order valence-corrected chi connectivity index (χ0v) is 14.3. The van der Waals surface area contributed by atoms with Crippen molar-refractivity contribution in [3.63, 3.8) is 0 Å². The Kier molecular flexibility index (Phi) is 5.11. The first-order valence-electron chi connectivity index (χ1n) is 7.92. The largest absolute Gasteiger partial charge is 0.444 e. The fourth-order valence-electron chi connectivity index (χ4n) is 2.72. The third kappa shape index (κ3) is 4.73. The normalized spacial score (nSPS) is 18.8. The van der Waals surface area contributed by atoms with Crippen molar-refractivity contribution in [2.24, 2.45) is 13.0 Å². The first-order valence-corrected chi connectivity index (χ1v) is 7.92. The van der Waals surface area contributed by atoms with Gasteiger partial charge in [-0.15, -0.1) is 0 Å². The Morgan fingerprint density at radius 2 is 2.23 bits per heavy atom. The molecule has 22 heavy (non-hydrogen) atoms. The summed E-state index contributed by atoms with van der Waals surface area (Å²) >= 11 is 0. The van der Waals surface area contributed by atoms with Crippen LogP contribution in [0.1, 0.15) is 38.4 Å². The molecule has 1 N–H and O–H groups in total. The average Bonchev–Trinajstić information content (AvgIpc) is 2.95. The molecule has 1 amide bonds. The SMILES string of the molecule is Cc1nn(C)cc1CNCC1CCN(C(=O)OC(C)(C)C)C1. The van der Waals surface area contributed by atoms with Gasteiger partial charge in [-0.3, -0.25) is 4.68 Å². The fraction of sp³-hybridized carbons (Fsp3) is 0.750. The summed E-state index contributed by atoms with van der Waals surface area (Å²) in [5.74, 6) is 0.490. The number of hydrogen-bond acceptors (Lipinski definition) is 4. The molecule has 1 aliphatic heterocycles. The van der Waals surface area contributed by atoms with E-state index in [1.165, 1.54) is 5.56 Å². The minimum Gasteiger partial charge on any atom is -0.444 e. The van der Waals surface area contributed by atoms with Gasteiger partial charge in [-0.25, -0.2) is 4.79 Å². The molecule has 2 rings (SSSR count). The number of nitrogens with zero attached hydrogens (tertiary/aromatic N) is 3. The summed E-state index contributed by atoms with van der Waals surface area (Å²) in [6.07, 6.45) is 2.88. The highest BCUT2D eigenvalue weighted by atomic mass is 16.6. The van der Waals surface area contributed by atoms with Gasteiger partial charge in [0.2, 0.25) is 0 Å². The molecular formula is C16H28N4O2. The quantitative estimate of drug-likeness (QED) is 0.925. The van der Waals surface area contributed by atoms with E-state index < -0.39 is 5.60 Å². The number of ether oxygens (including phenoxy) is 1. The minimum atomic E-state index is -0.425. The molecule has 124 valence electrons. The van der Waals surface area contributed by atoms with Crippen LogP contribution >= 0.6 is 0 Å². The molecule has 0 bridgehead atoms. The highest BCUT2D eigenvalue weighted by Gasteiger charge is 2.29. The van der Waals surface area contributed by atoms with Gasteiger partial charge in [0.05, 0.1) is 5.69 Å². The highest BCUT2D eigenvalue weighted by molar-refractivity contribution is 5.68. The summed E-state index contributed by atoms with van der Waals surface area (Å²) < 4.78 is 7.26. The predicted molar refractivity (Wildman–Crippen MR) is 85.6 cm³/mol. The van der Waals surface area contributed by atoms with Crippen molar-refractivity contribution in [1.29, 1.82) is 0 Å². The molecule has 6 nitrogen and oxygen atoms in total. The molecule has 1 aromatic rings. The van der Waals surface area contributed by atoms with E-state index in [0.29, 0.717) is 5.92 Å². The Morgan fingerprint density at radius 1 is 1.50 bits per heavy atom. The Balaban J connectivity index is 1.72. The van der Waals surface area contributed by atoms with Gasteiger partial charge in [-0.2, -0.15) is 5.10 Å². The lowest BCUT2D eigenvalue weighted by Gasteiger charge is -2.24. The van der Waals surface area contributed by atoms with Gasteiger partial charge in [0.1, 0.15) is 5.60 Å². The molecule has 1 fully saturated rings. The fourth-order valence-corrected chi connectivity index (χ4v) is 2.72. The van der Waals surface area contributed by atoms with Crippen LogP contribution in [-0.4, -0.2) is 46.0 Å². The third-order valence-electron chi connectivity index (χ3n) is 3.80. The zero-order valence-electron chi connectivity index (χ0n) is 14.3. The van der Waals surface area contributed by atoms with Crippen molar-refractivity contribution in [2.75, 3.05) is 19.6 Å². The van der Waals surface area contributed by atoms with Crippen molar-refractivity contribution in [3.8, 4) is 0 Å². The standard InChI is InChI=1S/C16H28N4O2/c1-12-14(11-19(5)18-12)9-17-8-13-6-7-20(10-13)15(21)22-16(2,3)4/h11,13,17H,6-10H2,1-5H3. The number of amides is 1. The van der Waals surface area contributed by atoms with Crippen molar-refractivity contribution < 1.29 is 9.53 Å². The van der Waals surface area contributed by atoms with E-state index in [-0.39, 0.29) is 6.09 Å². The van der Waals surface area contributed by atoms with Crippen molar-refractivity contribution in [3.05, 3.63) is 17.5 Å². The number of aryl methyl sites for hydroxylation is 2. The van der Waals surface area contributed by atoms with Crippen LogP contribution in [-0.2, 0) is 18.3 Å². The van der Waals surface area contributed by atoms with Crippen LogP contribution in [0.15, 0.2) is 6.20 Å².